The lowest BCUT2D eigenvalue weighted by molar-refractivity contribution is -0.276. The van der Waals surface area contributed by atoms with E-state index in [0.717, 1.165) is 36.0 Å². The molecule has 1 fully saturated rings. The molecule has 4 atom stereocenters. The summed E-state index contributed by atoms with van der Waals surface area (Å²) in [6.07, 6.45) is 3.09. The maximum absolute atomic E-state index is 12.6. The molecular formula is C30H36Cl2N4O5. The van der Waals surface area contributed by atoms with Crippen molar-refractivity contribution in [2.45, 2.75) is 71.2 Å². The summed E-state index contributed by atoms with van der Waals surface area (Å²) < 4.78 is 14.7. The van der Waals surface area contributed by atoms with Gasteiger partial charge in [0.25, 0.3) is 0 Å². The molecule has 1 aliphatic rings. The second kappa shape index (κ2) is 14.8. The number of halogens is 2. The van der Waals surface area contributed by atoms with Crippen molar-refractivity contribution in [3.8, 4) is 0 Å². The van der Waals surface area contributed by atoms with Crippen LogP contribution in [0.3, 0.4) is 0 Å². The number of hydrogen-bond donors (Lipinski definition) is 3. The van der Waals surface area contributed by atoms with E-state index in [-0.39, 0.29) is 41.7 Å². The highest BCUT2D eigenvalue weighted by molar-refractivity contribution is 6.40. The number of aliphatic hydroxyl groups is 1. The first kappa shape index (κ1) is 31.0. The van der Waals surface area contributed by atoms with Gasteiger partial charge in [0.15, 0.2) is 11.4 Å². The van der Waals surface area contributed by atoms with Gasteiger partial charge in [-0.05, 0) is 36.1 Å². The number of benzene rings is 2. The Morgan fingerprint density at radius 2 is 1.83 bits per heavy atom. The quantitative estimate of drug-likeness (QED) is 0.225. The number of hydrogen-bond acceptors (Lipinski definition) is 6. The van der Waals surface area contributed by atoms with Gasteiger partial charge in [0.1, 0.15) is 5.15 Å². The number of nitrogens with zero attached hydrogens (tertiary/aromatic N) is 2. The molecule has 0 saturated carbocycles. The van der Waals surface area contributed by atoms with E-state index >= 15 is 0 Å². The summed E-state index contributed by atoms with van der Waals surface area (Å²) >= 11 is 12.4. The molecule has 11 heteroatoms. The lowest BCUT2D eigenvalue weighted by atomic mass is 9.90. The van der Waals surface area contributed by atoms with Gasteiger partial charge in [-0.25, -0.2) is 4.98 Å². The van der Waals surface area contributed by atoms with Crippen LogP contribution < -0.4 is 10.6 Å². The van der Waals surface area contributed by atoms with Crippen LogP contribution in [-0.4, -0.2) is 39.1 Å². The molecule has 0 radical (unpaired) electrons. The van der Waals surface area contributed by atoms with E-state index in [4.69, 9.17) is 32.7 Å². The van der Waals surface area contributed by atoms with E-state index in [1.54, 1.807) is 10.9 Å². The molecule has 9 nitrogen and oxygen atoms in total. The van der Waals surface area contributed by atoms with Crippen LogP contribution >= 0.6 is 23.2 Å². The average molecular weight is 604 g/mol. The highest BCUT2D eigenvalue weighted by Gasteiger charge is 2.39. The van der Waals surface area contributed by atoms with Crippen LogP contribution in [-0.2, 0) is 32.2 Å². The molecule has 3 N–H and O–H groups in total. The van der Waals surface area contributed by atoms with E-state index < -0.39 is 6.29 Å². The second-order valence-electron chi connectivity index (χ2n) is 10.3. The van der Waals surface area contributed by atoms with Crippen LogP contribution in [0.2, 0.25) is 10.3 Å². The van der Waals surface area contributed by atoms with Crippen molar-refractivity contribution < 1.29 is 24.2 Å². The molecule has 0 unspecified atom stereocenters. The van der Waals surface area contributed by atoms with Crippen molar-refractivity contribution in [3.05, 3.63) is 81.9 Å². The summed E-state index contributed by atoms with van der Waals surface area (Å²) in [5, 5.41) is 15.8. The van der Waals surface area contributed by atoms with E-state index in [2.05, 4.69) is 22.5 Å². The van der Waals surface area contributed by atoms with Gasteiger partial charge in [-0.3, -0.25) is 9.59 Å². The smallest absolute Gasteiger partial charge is 0.224 e. The highest BCUT2D eigenvalue weighted by atomic mass is 35.5. The van der Waals surface area contributed by atoms with Crippen LogP contribution in [0.4, 0.5) is 5.69 Å². The molecule has 2 aromatic carbocycles. The van der Waals surface area contributed by atoms with Crippen molar-refractivity contribution in [1.82, 2.24) is 14.9 Å². The van der Waals surface area contributed by atoms with Gasteiger partial charge < -0.3 is 29.8 Å². The van der Waals surface area contributed by atoms with Crippen LogP contribution in [0.5, 0.6) is 0 Å². The van der Waals surface area contributed by atoms with Crippen molar-refractivity contribution in [2.75, 3.05) is 11.9 Å². The van der Waals surface area contributed by atoms with Crippen LogP contribution in [0, 0.1) is 5.92 Å². The van der Waals surface area contributed by atoms with Crippen molar-refractivity contribution in [1.29, 1.82) is 0 Å². The maximum atomic E-state index is 12.6. The number of anilines is 1. The monoisotopic (exact) mass is 602 g/mol. The lowest BCUT2D eigenvalue weighted by Crippen LogP contribution is -2.39. The molecule has 0 spiro atoms. The molecule has 41 heavy (non-hydrogen) atoms. The van der Waals surface area contributed by atoms with Crippen molar-refractivity contribution in [2.24, 2.45) is 5.92 Å². The third-order valence-corrected chi connectivity index (χ3v) is 7.90. The summed E-state index contributed by atoms with van der Waals surface area (Å²) in [4.78, 5) is 27.6. The highest BCUT2D eigenvalue weighted by Crippen LogP contribution is 2.42. The molecule has 0 aliphatic carbocycles. The number of ether oxygens (including phenoxy) is 2. The molecule has 3 aromatic rings. The van der Waals surface area contributed by atoms with Gasteiger partial charge in [-0.2, -0.15) is 0 Å². The molecule has 1 aromatic heterocycles. The van der Waals surface area contributed by atoms with E-state index in [1.165, 1.54) is 6.92 Å². The Hall–Kier alpha value is -2.95. The number of amides is 2. The van der Waals surface area contributed by atoms with Crippen LogP contribution in [0.15, 0.2) is 54.9 Å². The minimum atomic E-state index is -0.706. The van der Waals surface area contributed by atoms with E-state index in [0.29, 0.717) is 30.4 Å². The summed E-state index contributed by atoms with van der Waals surface area (Å²) in [7, 11) is 0. The minimum absolute atomic E-state index is 0.0365. The molecule has 2 amide bonds. The summed E-state index contributed by atoms with van der Waals surface area (Å²) in [5.74, 6) is -0.181. The van der Waals surface area contributed by atoms with Gasteiger partial charge in [-0.1, -0.05) is 72.9 Å². The number of unbranched alkanes of at least 4 members (excludes halogenated alkanes) is 2. The van der Waals surface area contributed by atoms with Gasteiger partial charge in [0.2, 0.25) is 11.8 Å². The molecule has 1 saturated heterocycles. The van der Waals surface area contributed by atoms with Gasteiger partial charge >= 0.3 is 0 Å². The Kier molecular flexibility index (Phi) is 11.2. The summed E-state index contributed by atoms with van der Waals surface area (Å²) in [6, 6.07) is 15.1. The van der Waals surface area contributed by atoms with Crippen LogP contribution in [0.25, 0.3) is 0 Å². The topological polar surface area (TPSA) is 115 Å². The Labute approximate surface area is 250 Å². The predicted molar refractivity (Wildman–Crippen MR) is 157 cm³/mol. The fraction of sp³-hybridized carbons (Fsp3) is 0.433. The molecule has 4 rings (SSSR count). The third-order valence-electron chi connectivity index (χ3n) is 7.13. The lowest BCUT2D eigenvalue weighted by Gasteiger charge is -2.41. The predicted octanol–water partition coefficient (Wildman–Crippen LogP) is 5.81. The zero-order chi connectivity index (χ0) is 29.4. The maximum Gasteiger partial charge on any atom is 0.224 e. The molecule has 1 aliphatic heterocycles. The molecule has 2 heterocycles. The number of carbonyl (C=O) groups excluding carboxylic acids is 2. The Morgan fingerprint density at radius 1 is 1.05 bits per heavy atom. The Balaban J connectivity index is 1.47. The van der Waals surface area contributed by atoms with Crippen molar-refractivity contribution in [3.63, 3.8) is 0 Å². The minimum Gasteiger partial charge on any atom is -0.392 e. The number of imidazole rings is 1. The fourth-order valence-corrected chi connectivity index (χ4v) is 5.14. The standard InChI is InChI=1S/C30H36Cl2N4O5/c1-19-25(16-36-18-34-28(31)29(36)32)40-30(41-27(19)22-12-10-21(17-37)11-13-22)23-7-6-8-24(15-23)35-26(39)9-4-3-5-14-33-20(2)38/h6-8,10-13,15,18-19,25,27,30,37H,3-5,9,14,16-17H2,1-2H3,(H,33,38)(H,35,39)/t19-,25+,27+,30+/m1/s1. The number of aromatic nitrogens is 2. The van der Waals surface area contributed by atoms with Crippen LogP contribution in [0.1, 0.15) is 68.6 Å². The van der Waals surface area contributed by atoms with E-state index in [9.17, 15) is 14.7 Å². The zero-order valence-electron chi connectivity index (χ0n) is 23.2. The molecule has 220 valence electrons. The number of carbonyl (C=O) groups is 2. The average Bonchev–Trinajstić information content (AvgIpc) is 3.28. The Bertz CT molecular complexity index is 1320. The fourth-order valence-electron chi connectivity index (χ4n) is 4.83. The summed E-state index contributed by atoms with van der Waals surface area (Å²) in [6.45, 7) is 4.55. The second-order valence-corrected chi connectivity index (χ2v) is 11.0. The Morgan fingerprint density at radius 3 is 2.51 bits per heavy atom. The van der Waals surface area contributed by atoms with Gasteiger partial charge in [0, 0.05) is 37.1 Å². The molecule has 0 bridgehead atoms. The SMILES string of the molecule is CC(=O)NCCCCCC(=O)Nc1cccc([C@H]2O[C@@H](Cn3cnc(Cl)c3Cl)[C@@H](C)[C@@H](c3ccc(CO)cc3)O2)c1. The van der Waals surface area contributed by atoms with E-state index in [1.807, 2.05) is 48.5 Å². The third kappa shape index (κ3) is 8.53. The zero-order valence-corrected chi connectivity index (χ0v) is 24.7. The van der Waals surface area contributed by atoms with Gasteiger partial charge in [-0.15, -0.1) is 0 Å². The largest absolute Gasteiger partial charge is 0.392 e. The van der Waals surface area contributed by atoms with Crippen molar-refractivity contribution >= 4 is 40.7 Å². The molecular weight excluding hydrogens is 567 g/mol. The summed E-state index contributed by atoms with van der Waals surface area (Å²) in [5.41, 5.74) is 3.20. The number of rotatable bonds is 12. The number of nitrogens with one attached hydrogen (secondary N) is 2. The first-order valence-corrected chi connectivity index (χ1v) is 14.5. The first-order chi connectivity index (χ1) is 19.7. The normalized spacial score (nSPS) is 20.5. The van der Waals surface area contributed by atoms with Gasteiger partial charge in [0.05, 0.1) is 31.7 Å². The first-order valence-electron chi connectivity index (χ1n) is 13.8. The number of aliphatic hydroxyl groups excluding tert-OH is 1.